The first-order valence-corrected chi connectivity index (χ1v) is 12.2. The van der Waals surface area contributed by atoms with Gasteiger partial charge in [-0.25, -0.2) is 4.79 Å². The number of hydrogen-bond donors (Lipinski definition) is 2. The maximum atomic E-state index is 13.0. The number of benzene rings is 2. The van der Waals surface area contributed by atoms with Gasteiger partial charge in [0, 0.05) is 11.6 Å². The number of aromatic nitrogens is 1. The Balaban J connectivity index is 1.68. The Morgan fingerprint density at radius 2 is 1.88 bits per heavy atom. The number of nitrogens with zero attached hydrogens (tertiary/aromatic N) is 1. The summed E-state index contributed by atoms with van der Waals surface area (Å²) in [7, 11) is 1.36. The highest BCUT2D eigenvalue weighted by molar-refractivity contribution is 7.80. The lowest BCUT2D eigenvalue weighted by molar-refractivity contribution is 0.0602. The average Bonchev–Trinajstić information content (AvgIpc) is 2.83. The van der Waals surface area contributed by atoms with E-state index < -0.39 is 5.97 Å². The van der Waals surface area contributed by atoms with Crippen LogP contribution in [-0.4, -0.2) is 34.1 Å². The van der Waals surface area contributed by atoms with Crippen LogP contribution in [0.5, 0.6) is 0 Å². The van der Waals surface area contributed by atoms with E-state index >= 15 is 0 Å². The van der Waals surface area contributed by atoms with Gasteiger partial charge in [-0.1, -0.05) is 43.0 Å². The van der Waals surface area contributed by atoms with Crippen molar-refractivity contribution < 1.29 is 9.53 Å². The van der Waals surface area contributed by atoms with Crippen LogP contribution < -0.4 is 10.9 Å². The number of thiocarbonyl (C=S) groups is 1. The van der Waals surface area contributed by atoms with E-state index in [0.717, 1.165) is 47.7 Å². The maximum absolute atomic E-state index is 13.0. The average molecular weight is 478 g/mol. The summed E-state index contributed by atoms with van der Waals surface area (Å²) in [6, 6.07) is 13.5. The van der Waals surface area contributed by atoms with Gasteiger partial charge in [0.25, 0.3) is 5.56 Å². The van der Waals surface area contributed by atoms with Crippen LogP contribution in [0.2, 0.25) is 0 Å². The van der Waals surface area contributed by atoms with Crippen LogP contribution >= 0.6 is 12.2 Å². The van der Waals surface area contributed by atoms with E-state index in [1.807, 2.05) is 25.1 Å². The molecule has 0 unspecified atom stereocenters. The Kier molecular flexibility index (Phi) is 7.32. The highest BCUT2D eigenvalue weighted by atomic mass is 32.1. The first-order chi connectivity index (χ1) is 16.4. The Bertz CT molecular complexity index is 1280. The smallest absolute Gasteiger partial charge is 0.339 e. The summed E-state index contributed by atoms with van der Waals surface area (Å²) in [6.45, 7) is 4.47. The van der Waals surface area contributed by atoms with Gasteiger partial charge in [-0.15, -0.1) is 0 Å². The number of pyridine rings is 1. The zero-order chi connectivity index (χ0) is 24.2. The molecule has 2 aromatic carbocycles. The molecule has 1 heterocycles. The van der Waals surface area contributed by atoms with Crippen molar-refractivity contribution >= 4 is 39.9 Å². The SMILES string of the molecule is COC(=O)c1ccccc1NC(=S)N(Cc1cc2cc(C)cc(C)c2[nH]c1=O)C1CCCCC1. The van der Waals surface area contributed by atoms with Crippen molar-refractivity contribution in [3.05, 3.63) is 75.1 Å². The number of nitrogens with one attached hydrogen (secondary N) is 2. The molecule has 0 radical (unpaired) electrons. The van der Waals surface area contributed by atoms with Gasteiger partial charge in [0.15, 0.2) is 5.11 Å². The molecule has 178 valence electrons. The van der Waals surface area contributed by atoms with Crippen LogP contribution in [-0.2, 0) is 11.3 Å². The van der Waals surface area contributed by atoms with Crippen LogP contribution in [0.4, 0.5) is 5.69 Å². The molecule has 7 heteroatoms. The van der Waals surface area contributed by atoms with Gasteiger partial charge >= 0.3 is 5.97 Å². The fourth-order valence-corrected chi connectivity index (χ4v) is 5.18. The van der Waals surface area contributed by atoms with Gasteiger partial charge in [0.2, 0.25) is 0 Å². The summed E-state index contributed by atoms with van der Waals surface area (Å²) < 4.78 is 4.93. The molecule has 1 saturated carbocycles. The number of H-pyrrole nitrogens is 1. The summed E-state index contributed by atoms with van der Waals surface area (Å²) in [5.74, 6) is -0.424. The Morgan fingerprint density at radius 1 is 1.15 bits per heavy atom. The standard InChI is InChI=1S/C27H31N3O3S/c1-17-13-18(2)24-19(14-17)15-20(25(31)29-24)16-30(21-9-5-4-6-10-21)27(34)28-23-12-8-7-11-22(23)26(32)33-3/h7-8,11-15,21H,4-6,9-10,16H2,1-3H3,(H,28,34)(H,29,31). The second-order valence-electron chi connectivity index (χ2n) is 9.06. The third kappa shape index (κ3) is 5.14. The number of anilines is 1. The van der Waals surface area contributed by atoms with E-state index in [1.165, 1.54) is 13.5 Å². The van der Waals surface area contributed by atoms with Crippen molar-refractivity contribution in [1.82, 2.24) is 9.88 Å². The summed E-state index contributed by atoms with van der Waals surface area (Å²) in [5, 5.41) is 4.78. The summed E-state index contributed by atoms with van der Waals surface area (Å²) >= 11 is 5.85. The van der Waals surface area contributed by atoms with Gasteiger partial charge in [-0.3, -0.25) is 4.79 Å². The Morgan fingerprint density at radius 3 is 2.62 bits per heavy atom. The van der Waals surface area contributed by atoms with E-state index in [9.17, 15) is 9.59 Å². The van der Waals surface area contributed by atoms with Gasteiger partial charge in [0.05, 0.1) is 30.4 Å². The van der Waals surface area contributed by atoms with Crippen molar-refractivity contribution in [2.75, 3.05) is 12.4 Å². The third-order valence-electron chi connectivity index (χ3n) is 6.56. The van der Waals surface area contributed by atoms with Gasteiger partial charge in [-0.05, 0) is 74.1 Å². The second kappa shape index (κ2) is 10.4. The molecular formula is C27H31N3O3S. The second-order valence-corrected chi connectivity index (χ2v) is 9.44. The predicted octanol–water partition coefficient (Wildman–Crippen LogP) is 5.46. The molecule has 1 fully saturated rings. The number of fused-ring (bicyclic) bond motifs is 1. The number of methoxy groups -OCH3 is 1. The molecular weight excluding hydrogens is 446 g/mol. The minimum absolute atomic E-state index is 0.0991. The molecule has 0 atom stereocenters. The highest BCUT2D eigenvalue weighted by Crippen LogP contribution is 2.26. The number of hydrogen-bond acceptors (Lipinski definition) is 4. The van der Waals surface area contributed by atoms with E-state index in [-0.39, 0.29) is 11.6 Å². The molecule has 2 N–H and O–H groups in total. The first kappa shape index (κ1) is 24.0. The van der Waals surface area contributed by atoms with Crippen LogP contribution in [0, 0.1) is 13.8 Å². The fourth-order valence-electron chi connectivity index (χ4n) is 4.86. The highest BCUT2D eigenvalue weighted by Gasteiger charge is 2.25. The Hall–Kier alpha value is -3.19. The molecule has 0 spiro atoms. The molecule has 34 heavy (non-hydrogen) atoms. The van der Waals surface area contributed by atoms with Crippen molar-refractivity contribution in [3.8, 4) is 0 Å². The number of ether oxygens (including phenoxy) is 1. The van der Waals surface area contributed by atoms with Gasteiger partial charge < -0.3 is 19.9 Å². The zero-order valence-corrected chi connectivity index (χ0v) is 20.8. The maximum Gasteiger partial charge on any atom is 0.339 e. The van der Waals surface area contributed by atoms with E-state index in [4.69, 9.17) is 17.0 Å². The lowest BCUT2D eigenvalue weighted by Gasteiger charge is -2.36. The van der Waals surface area contributed by atoms with E-state index in [2.05, 4.69) is 34.3 Å². The first-order valence-electron chi connectivity index (χ1n) is 11.8. The minimum Gasteiger partial charge on any atom is -0.465 e. The van der Waals surface area contributed by atoms with Crippen LogP contribution in [0.3, 0.4) is 0 Å². The molecule has 1 aliphatic carbocycles. The van der Waals surface area contributed by atoms with Gasteiger partial charge in [0.1, 0.15) is 0 Å². The monoisotopic (exact) mass is 477 g/mol. The molecule has 3 aromatic rings. The van der Waals surface area contributed by atoms with Crippen LogP contribution in [0.1, 0.15) is 59.2 Å². The van der Waals surface area contributed by atoms with Crippen molar-refractivity contribution in [3.63, 3.8) is 0 Å². The lowest BCUT2D eigenvalue weighted by atomic mass is 9.94. The fraction of sp³-hybridized carbons (Fsp3) is 0.370. The normalized spacial score (nSPS) is 14.1. The van der Waals surface area contributed by atoms with Crippen molar-refractivity contribution in [2.45, 2.75) is 58.5 Å². The lowest BCUT2D eigenvalue weighted by Crippen LogP contribution is -2.44. The number of para-hydroxylation sites is 1. The molecule has 6 nitrogen and oxygen atoms in total. The molecule has 0 aliphatic heterocycles. The topological polar surface area (TPSA) is 74.4 Å². The van der Waals surface area contributed by atoms with E-state index in [1.54, 1.807) is 12.1 Å². The molecule has 4 rings (SSSR count). The van der Waals surface area contributed by atoms with Gasteiger partial charge in [-0.2, -0.15) is 0 Å². The molecule has 1 aliphatic rings. The number of esters is 1. The van der Waals surface area contributed by atoms with Crippen molar-refractivity contribution in [2.24, 2.45) is 0 Å². The number of carbonyl (C=O) groups excluding carboxylic acids is 1. The quantitative estimate of drug-likeness (QED) is 0.375. The molecule has 0 amide bonds. The van der Waals surface area contributed by atoms with Crippen LogP contribution in [0.15, 0.2) is 47.3 Å². The molecule has 0 bridgehead atoms. The minimum atomic E-state index is -0.424. The third-order valence-corrected chi connectivity index (χ3v) is 6.90. The largest absolute Gasteiger partial charge is 0.465 e. The van der Waals surface area contributed by atoms with Crippen molar-refractivity contribution in [1.29, 1.82) is 0 Å². The summed E-state index contributed by atoms with van der Waals surface area (Å²) in [4.78, 5) is 30.5. The zero-order valence-electron chi connectivity index (χ0n) is 19.9. The number of carbonyl (C=O) groups is 1. The van der Waals surface area contributed by atoms with E-state index in [0.29, 0.717) is 28.5 Å². The number of aromatic amines is 1. The summed E-state index contributed by atoms with van der Waals surface area (Å²) in [6.07, 6.45) is 5.52. The van der Waals surface area contributed by atoms with Crippen LogP contribution in [0.25, 0.3) is 10.9 Å². The number of aryl methyl sites for hydroxylation is 2. The molecule has 1 aromatic heterocycles. The summed E-state index contributed by atoms with van der Waals surface area (Å²) in [5.41, 5.74) is 4.68. The number of rotatable bonds is 5. The molecule has 0 saturated heterocycles. The predicted molar refractivity (Wildman–Crippen MR) is 140 cm³/mol. The Labute approximate surface area is 205 Å².